The fourth-order valence-electron chi connectivity index (χ4n) is 3.39. The molecule has 1 fully saturated rings. The second-order valence-corrected chi connectivity index (χ2v) is 6.34. The standard InChI is InChI=1S/C16H25N5/c1-12(2)21-14(7-8-17-21)11-20-9-5-6-15(20)16-18-13(3)10-19(16)4/h7-8,10,12,15H,5-6,9,11H2,1-4H3/t15-/m1/s1. The predicted octanol–water partition coefficient (Wildman–Crippen LogP) is 2.84. The van der Waals surface area contributed by atoms with Crippen LogP contribution in [0, 0.1) is 6.92 Å². The number of rotatable bonds is 4. The molecule has 0 spiro atoms. The molecule has 1 aliphatic heterocycles. The zero-order chi connectivity index (χ0) is 15.0. The van der Waals surface area contributed by atoms with Gasteiger partial charge in [0, 0.05) is 32.0 Å². The first-order chi connectivity index (χ1) is 10.1. The van der Waals surface area contributed by atoms with Crippen molar-refractivity contribution in [1.82, 2.24) is 24.2 Å². The van der Waals surface area contributed by atoms with Gasteiger partial charge in [-0.1, -0.05) is 0 Å². The van der Waals surface area contributed by atoms with E-state index < -0.39 is 0 Å². The molecule has 3 rings (SSSR count). The number of aromatic nitrogens is 4. The van der Waals surface area contributed by atoms with Crippen LogP contribution in [-0.2, 0) is 13.6 Å². The van der Waals surface area contributed by atoms with E-state index in [1.807, 2.05) is 6.20 Å². The third-order valence-corrected chi connectivity index (χ3v) is 4.30. The second-order valence-electron chi connectivity index (χ2n) is 6.34. The fourth-order valence-corrected chi connectivity index (χ4v) is 3.39. The van der Waals surface area contributed by atoms with Gasteiger partial charge in [0.2, 0.25) is 0 Å². The topological polar surface area (TPSA) is 38.9 Å². The first-order valence-electron chi connectivity index (χ1n) is 7.82. The Hall–Kier alpha value is -1.62. The molecule has 114 valence electrons. The molecular weight excluding hydrogens is 262 g/mol. The van der Waals surface area contributed by atoms with Crippen LogP contribution in [0.25, 0.3) is 0 Å². The maximum atomic E-state index is 4.73. The van der Waals surface area contributed by atoms with Crippen LogP contribution in [-0.4, -0.2) is 30.8 Å². The Balaban J connectivity index is 1.81. The smallest absolute Gasteiger partial charge is 0.126 e. The van der Waals surface area contributed by atoms with Crippen molar-refractivity contribution in [3.8, 4) is 0 Å². The van der Waals surface area contributed by atoms with Crippen LogP contribution >= 0.6 is 0 Å². The average Bonchev–Trinajstić information content (AvgIpc) is 3.10. The number of aryl methyl sites for hydroxylation is 2. The molecule has 0 aromatic carbocycles. The Labute approximate surface area is 126 Å². The molecule has 0 unspecified atom stereocenters. The zero-order valence-electron chi connectivity index (χ0n) is 13.5. The monoisotopic (exact) mass is 287 g/mol. The van der Waals surface area contributed by atoms with Crippen molar-refractivity contribution in [3.63, 3.8) is 0 Å². The minimum absolute atomic E-state index is 0.409. The van der Waals surface area contributed by atoms with Crippen molar-refractivity contribution in [2.45, 2.75) is 52.2 Å². The van der Waals surface area contributed by atoms with Gasteiger partial charge in [-0.3, -0.25) is 9.58 Å². The van der Waals surface area contributed by atoms with Gasteiger partial charge in [0.05, 0.1) is 17.4 Å². The third kappa shape index (κ3) is 2.75. The van der Waals surface area contributed by atoms with E-state index >= 15 is 0 Å². The highest BCUT2D eigenvalue weighted by Gasteiger charge is 2.29. The van der Waals surface area contributed by atoms with E-state index in [9.17, 15) is 0 Å². The number of hydrogen-bond acceptors (Lipinski definition) is 3. The van der Waals surface area contributed by atoms with Crippen molar-refractivity contribution >= 4 is 0 Å². The molecule has 5 heteroatoms. The van der Waals surface area contributed by atoms with Crippen molar-refractivity contribution in [2.24, 2.45) is 7.05 Å². The van der Waals surface area contributed by atoms with Gasteiger partial charge in [0.25, 0.3) is 0 Å². The highest BCUT2D eigenvalue weighted by molar-refractivity contribution is 5.09. The highest BCUT2D eigenvalue weighted by atomic mass is 15.3. The molecule has 2 aromatic rings. The van der Waals surface area contributed by atoms with Crippen LogP contribution in [0.15, 0.2) is 18.5 Å². The first-order valence-corrected chi connectivity index (χ1v) is 7.82. The van der Waals surface area contributed by atoms with E-state index in [-0.39, 0.29) is 0 Å². The van der Waals surface area contributed by atoms with E-state index in [2.05, 4.69) is 59.3 Å². The summed E-state index contributed by atoms with van der Waals surface area (Å²) in [5, 5.41) is 4.45. The molecule has 0 bridgehead atoms. The summed E-state index contributed by atoms with van der Waals surface area (Å²) >= 11 is 0. The Morgan fingerprint density at radius 2 is 2.19 bits per heavy atom. The van der Waals surface area contributed by atoms with Crippen LogP contribution < -0.4 is 0 Å². The third-order valence-electron chi connectivity index (χ3n) is 4.30. The lowest BCUT2D eigenvalue weighted by atomic mass is 10.2. The van der Waals surface area contributed by atoms with Gasteiger partial charge in [-0.2, -0.15) is 5.10 Å². The molecular formula is C16H25N5. The first kappa shape index (κ1) is 14.3. The lowest BCUT2D eigenvalue weighted by Crippen LogP contribution is -2.26. The molecule has 0 aliphatic carbocycles. The lowest BCUT2D eigenvalue weighted by Gasteiger charge is -2.25. The highest BCUT2D eigenvalue weighted by Crippen LogP contribution is 2.32. The van der Waals surface area contributed by atoms with Gasteiger partial charge < -0.3 is 4.57 Å². The second kappa shape index (κ2) is 5.64. The Bertz CT molecular complexity index is 610. The molecule has 0 amide bonds. The van der Waals surface area contributed by atoms with E-state index in [0.29, 0.717) is 12.1 Å². The minimum Gasteiger partial charge on any atom is -0.336 e. The van der Waals surface area contributed by atoms with Gasteiger partial charge in [0.15, 0.2) is 0 Å². The summed E-state index contributed by atoms with van der Waals surface area (Å²) in [7, 11) is 2.10. The van der Waals surface area contributed by atoms with Gasteiger partial charge in [0.1, 0.15) is 5.82 Å². The Morgan fingerprint density at radius 1 is 1.38 bits per heavy atom. The van der Waals surface area contributed by atoms with E-state index in [0.717, 1.165) is 18.8 Å². The largest absolute Gasteiger partial charge is 0.336 e. The fraction of sp³-hybridized carbons (Fsp3) is 0.625. The number of likely N-dealkylation sites (tertiary alicyclic amines) is 1. The average molecular weight is 287 g/mol. The summed E-state index contributed by atoms with van der Waals surface area (Å²) < 4.78 is 4.30. The molecule has 21 heavy (non-hydrogen) atoms. The summed E-state index contributed by atoms with van der Waals surface area (Å²) in [5.74, 6) is 1.20. The van der Waals surface area contributed by atoms with E-state index in [1.165, 1.54) is 24.4 Å². The van der Waals surface area contributed by atoms with E-state index in [4.69, 9.17) is 4.98 Å². The maximum absolute atomic E-state index is 4.73. The summed E-state index contributed by atoms with van der Waals surface area (Å²) in [4.78, 5) is 7.27. The number of hydrogen-bond donors (Lipinski definition) is 0. The van der Waals surface area contributed by atoms with Gasteiger partial charge in [-0.25, -0.2) is 4.98 Å². The normalized spacial score (nSPS) is 19.8. The Kier molecular flexibility index (Phi) is 3.85. The summed E-state index contributed by atoms with van der Waals surface area (Å²) in [5.41, 5.74) is 2.40. The molecule has 0 radical (unpaired) electrons. The molecule has 1 saturated heterocycles. The summed E-state index contributed by atoms with van der Waals surface area (Å²) in [6.07, 6.45) is 6.46. The van der Waals surface area contributed by atoms with Crippen molar-refractivity contribution in [2.75, 3.05) is 6.54 Å². The molecule has 1 atom stereocenters. The molecule has 2 aromatic heterocycles. The van der Waals surface area contributed by atoms with Gasteiger partial charge in [-0.05, 0) is 46.2 Å². The zero-order valence-corrected chi connectivity index (χ0v) is 13.5. The molecule has 0 saturated carbocycles. The van der Waals surface area contributed by atoms with Gasteiger partial charge in [-0.15, -0.1) is 0 Å². The van der Waals surface area contributed by atoms with Crippen molar-refractivity contribution in [3.05, 3.63) is 35.7 Å². The molecule has 0 N–H and O–H groups in total. The quantitative estimate of drug-likeness (QED) is 0.868. The number of imidazole rings is 1. The van der Waals surface area contributed by atoms with Crippen LogP contribution in [0.1, 0.15) is 56.0 Å². The van der Waals surface area contributed by atoms with Crippen LogP contribution in [0.2, 0.25) is 0 Å². The van der Waals surface area contributed by atoms with E-state index in [1.54, 1.807) is 0 Å². The Morgan fingerprint density at radius 3 is 2.86 bits per heavy atom. The maximum Gasteiger partial charge on any atom is 0.126 e. The van der Waals surface area contributed by atoms with Crippen molar-refractivity contribution in [1.29, 1.82) is 0 Å². The van der Waals surface area contributed by atoms with Gasteiger partial charge >= 0.3 is 0 Å². The molecule has 5 nitrogen and oxygen atoms in total. The lowest BCUT2D eigenvalue weighted by molar-refractivity contribution is 0.227. The minimum atomic E-state index is 0.409. The summed E-state index contributed by atoms with van der Waals surface area (Å²) in [6.45, 7) is 8.52. The van der Waals surface area contributed by atoms with Crippen LogP contribution in [0.5, 0.6) is 0 Å². The van der Waals surface area contributed by atoms with Crippen LogP contribution in [0.4, 0.5) is 0 Å². The summed E-state index contributed by atoms with van der Waals surface area (Å²) in [6, 6.07) is 2.98. The predicted molar refractivity (Wildman–Crippen MR) is 82.9 cm³/mol. The number of nitrogens with zero attached hydrogens (tertiary/aromatic N) is 5. The molecule has 3 heterocycles. The SMILES string of the molecule is Cc1cn(C)c([C@H]2CCCN2Cc2ccnn2C(C)C)n1. The molecule has 1 aliphatic rings. The van der Waals surface area contributed by atoms with Crippen LogP contribution in [0.3, 0.4) is 0 Å². The van der Waals surface area contributed by atoms with Crippen molar-refractivity contribution < 1.29 is 0 Å².